The van der Waals surface area contributed by atoms with E-state index in [2.05, 4.69) is 120 Å². The number of hydrogen-bond donors (Lipinski definition) is 0. The molecule has 0 aliphatic rings. The number of nitrogens with zero attached hydrogens (tertiary/aromatic N) is 3. The molecule has 0 atom stereocenters. The van der Waals surface area contributed by atoms with Crippen molar-refractivity contribution in [1.82, 2.24) is 14.5 Å². The smallest absolute Gasteiger partial charge is 0.235 e. The van der Waals surface area contributed by atoms with E-state index in [0.717, 1.165) is 32.5 Å². The number of rotatable bonds is 2. The molecule has 4 aromatic heterocycles. The van der Waals surface area contributed by atoms with E-state index >= 15 is 0 Å². The number of benzene rings is 5. The van der Waals surface area contributed by atoms with Crippen LogP contribution in [0.2, 0.25) is 0 Å². The molecule has 9 aromatic rings. The fourth-order valence-corrected chi connectivity index (χ4v) is 8.23. The van der Waals surface area contributed by atoms with Crippen molar-refractivity contribution in [1.29, 1.82) is 0 Å². The minimum atomic E-state index is 0.704. The van der Waals surface area contributed by atoms with Gasteiger partial charge in [0.25, 0.3) is 0 Å². The topological polar surface area (TPSA) is 30.7 Å². The summed E-state index contributed by atoms with van der Waals surface area (Å²) in [6.07, 6.45) is 0. The Balaban J connectivity index is 1.47. The summed E-state index contributed by atoms with van der Waals surface area (Å²) in [5.74, 6) is 0.704. The summed E-state index contributed by atoms with van der Waals surface area (Å²) in [5, 5.41) is 6.28. The third-order valence-corrected chi connectivity index (χ3v) is 9.93. The van der Waals surface area contributed by atoms with Gasteiger partial charge in [0.05, 0.1) is 26.9 Å². The van der Waals surface area contributed by atoms with E-state index in [4.69, 9.17) is 9.97 Å². The fraction of sp³-hybridized carbons (Fsp3) is 0. The standard InChI is InChI=1S/C34H19N3S2/c1-2-10-20(11-3-1)31-33-32(23-14-6-9-17-27(23)39-33)36-34(35-31)37-24-15-7-4-12-21(24)29-25(37)18-19-28-30(29)22-13-5-8-16-26(22)38-28/h1-19H. The highest BCUT2D eigenvalue weighted by Gasteiger charge is 2.21. The zero-order valence-corrected chi connectivity index (χ0v) is 22.3. The minimum Gasteiger partial charge on any atom is -0.278 e. The van der Waals surface area contributed by atoms with Gasteiger partial charge in [-0.05, 0) is 30.3 Å². The van der Waals surface area contributed by atoms with Crippen LogP contribution >= 0.6 is 22.7 Å². The number of hydrogen-bond acceptors (Lipinski definition) is 4. The second-order valence-corrected chi connectivity index (χ2v) is 11.9. The van der Waals surface area contributed by atoms with Crippen LogP contribution in [0.25, 0.3) is 79.5 Å². The Kier molecular flexibility index (Phi) is 4.36. The first kappa shape index (κ1) is 21.4. The lowest BCUT2D eigenvalue weighted by Crippen LogP contribution is -2.02. The van der Waals surface area contributed by atoms with E-state index in [1.807, 2.05) is 11.3 Å². The maximum atomic E-state index is 5.30. The van der Waals surface area contributed by atoms with E-state index in [-0.39, 0.29) is 0 Å². The van der Waals surface area contributed by atoms with Crippen molar-refractivity contribution in [2.45, 2.75) is 0 Å². The predicted molar refractivity (Wildman–Crippen MR) is 168 cm³/mol. The molecule has 39 heavy (non-hydrogen) atoms. The van der Waals surface area contributed by atoms with E-state index in [1.54, 1.807) is 11.3 Å². The monoisotopic (exact) mass is 533 g/mol. The zero-order valence-electron chi connectivity index (χ0n) is 20.6. The molecule has 0 fully saturated rings. The van der Waals surface area contributed by atoms with E-state index < -0.39 is 0 Å². The number of fused-ring (bicyclic) bond motifs is 10. The minimum absolute atomic E-state index is 0.704. The van der Waals surface area contributed by atoms with Gasteiger partial charge in [-0.25, -0.2) is 9.97 Å². The molecule has 9 rings (SSSR count). The maximum absolute atomic E-state index is 5.30. The zero-order chi connectivity index (χ0) is 25.5. The van der Waals surface area contributed by atoms with Gasteiger partial charge in [-0.2, -0.15) is 0 Å². The lowest BCUT2D eigenvalue weighted by Gasteiger charge is -2.10. The third-order valence-electron chi connectivity index (χ3n) is 7.63. The lowest BCUT2D eigenvalue weighted by molar-refractivity contribution is 1.02. The van der Waals surface area contributed by atoms with Crippen LogP contribution in [0.3, 0.4) is 0 Å². The van der Waals surface area contributed by atoms with Gasteiger partial charge in [0.1, 0.15) is 0 Å². The summed E-state index contributed by atoms with van der Waals surface area (Å²) in [6.45, 7) is 0. The van der Waals surface area contributed by atoms with Crippen LogP contribution < -0.4 is 0 Å². The van der Waals surface area contributed by atoms with Crippen molar-refractivity contribution in [3.05, 3.63) is 115 Å². The average Bonchev–Trinajstić information content (AvgIpc) is 3.66. The Bertz CT molecular complexity index is 2390. The number of thiophene rings is 2. The van der Waals surface area contributed by atoms with Crippen molar-refractivity contribution in [3.8, 4) is 17.2 Å². The highest BCUT2D eigenvalue weighted by atomic mass is 32.1. The SMILES string of the molecule is c1ccc(-c2nc(-n3c4ccccc4c4c5c(ccc43)sc3ccccc35)nc3c2sc2ccccc23)cc1. The summed E-state index contributed by atoms with van der Waals surface area (Å²) in [7, 11) is 0. The van der Waals surface area contributed by atoms with Crippen LogP contribution in [0.4, 0.5) is 0 Å². The van der Waals surface area contributed by atoms with Crippen LogP contribution in [-0.4, -0.2) is 14.5 Å². The summed E-state index contributed by atoms with van der Waals surface area (Å²) < 4.78 is 7.22. The van der Waals surface area contributed by atoms with Crippen molar-refractivity contribution >= 4 is 85.0 Å². The number of para-hydroxylation sites is 1. The molecule has 3 nitrogen and oxygen atoms in total. The molecule has 0 saturated heterocycles. The van der Waals surface area contributed by atoms with Gasteiger partial charge in [-0.1, -0.05) is 84.9 Å². The predicted octanol–water partition coefficient (Wildman–Crippen LogP) is 9.98. The van der Waals surface area contributed by atoms with Gasteiger partial charge < -0.3 is 0 Å². The molecule has 0 bridgehead atoms. The van der Waals surface area contributed by atoms with E-state index in [9.17, 15) is 0 Å². The normalized spacial score (nSPS) is 12.1. The van der Waals surface area contributed by atoms with Gasteiger partial charge in [0, 0.05) is 46.6 Å². The Morgan fingerprint density at radius 3 is 2.03 bits per heavy atom. The molecule has 0 aliphatic carbocycles. The molecule has 0 aliphatic heterocycles. The lowest BCUT2D eigenvalue weighted by atomic mass is 10.1. The Morgan fingerprint density at radius 2 is 1.18 bits per heavy atom. The third kappa shape index (κ3) is 2.97. The van der Waals surface area contributed by atoms with Gasteiger partial charge in [-0.15, -0.1) is 22.7 Å². The van der Waals surface area contributed by atoms with Gasteiger partial charge in [0.2, 0.25) is 5.95 Å². The van der Waals surface area contributed by atoms with Crippen LogP contribution in [0.1, 0.15) is 0 Å². The Labute approximate surface area is 231 Å². The van der Waals surface area contributed by atoms with Crippen LogP contribution in [-0.2, 0) is 0 Å². The van der Waals surface area contributed by atoms with Gasteiger partial charge in [-0.3, -0.25) is 4.57 Å². The first-order valence-corrected chi connectivity index (χ1v) is 14.6. The quantitative estimate of drug-likeness (QED) is 0.221. The van der Waals surface area contributed by atoms with Crippen LogP contribution in [0.5, 0.6) is 0 Å². The highest BCUT2D eigenvalue weighted by molar-refractivity contribution is 7.26. The molecular formula is C34H19N3S2. The molecule has 0 radical (unpaired) electrons. The van der Waals surface area contributed by atoms with Crippen LogP contribution in [0, 0.1) is 0 Å². The molecule has 182 valence electrons. The first-order valence-electron chi connectivity index (χ1n) is 12.9. The average molecular weight is 534 g/mol. The maximum Gasteiger partial charge on any atom is 0.235 e. The molecular weight excluding hydrogens is 515 g/mol. The Morgan fingerprint density at radius 1 is 0.487 bits per heavy atom. The summed E-state index contributed by atoms with van der Waals surface area (Å²) in [6, 6.07) is 40.9. The molecule has 5 heteroatoms. The summed E-state index contributed by atoms with van der Waals surface area (Å²) >= 11 is 3.62. The van der Waals surface area contributed by atoms with Gasteiger partial charge in [0.15, 0.2) is 0 Å². The molecule has 0 saturated carbocycles. The molecule has 4 heterocycles. The van der Waals surface area contributed by atoms with Gasteiger partial charge >= 0.3 is 0 Å². The van der Waals surface area contributed by atoms with Crippen molar-refractivity contribution in [2.24, 2.45) is 0 Å². The highest BCUT2D eigenvalue weighted by Crippen LogP contribution is 2.44. The molecule has 0 N–H and O–H groups in total. The number of aromatic nitrogens is 3. The molecule has 0 unspecified atom stereocenters. The second kappa shape index (κ2) is 7.96. The van der Waals surface area contributed by atoms with Crippen LogP contribution in [0.15, 0.2) is 115 Å². The molecule has 0 amide bonds. The fourth-order valence-electron chi connectivity index (χ4n) is 5.96. The Hall–Kier alpha value is -4.58. The first-order chi connectivity index (χ1) is 19.3. The molecule has 5 aromatic carbocycles. The van der Waals surface area contributed by atoms with Crippen molar-refractivity contribution < 1.29 is 0 Å². The van der Waals surface area contributed by atoms with E-state index in [0.29, 0.717) is 5.95 Å². The van der Waals surface area contributed by atoms with Crippen molar-refractivity contribution in [3.63, 3.8) is 0 Å². The van der Waals surface area contributed by atoms with E-state index in [1.165, 1.54) is 41.0 Å². The largest absolute Gasteiger partial charge is 0.278 e. The molecule has 0 spiro atoms. The summed E-state index contributed by atoms with van der Waals surface area (Å²) in [5.41, 5.74) is 5.33. The van der Waals surface area contributed by atoms with Crippen molar-refractivity contribution in [2.75, 3.05) is 0 Å². The second-order valence-electron chi connectivity index (χ2n) is 9.80. The summed E-state index contributed by atoms with van der Waals surface area (Å²) in [4.78, 5) is 10.6.